The Hall–Kier alpha value is -1.69. The largest absolute Gasteiger partial charge is 0.462 e. The van der Waals surface area contributed by atoms with Gasteiger partial charge in [-0.05, 0) is 91.8 Å². The number of carbonyl (C=O) groups excluding carboxylic acids is 1. The number of nitrogens with zero attached hydrogens (tertiary/aromatic N) is 1. The summed E-state index contributed by atoms with van der Waals surface area (Å²) in [6.45, 7) is 8.50. The highest BCUT2D eigenvalue weighted by atomic mass is 32.1. The molecule has 0 aromatic carbocycles. The molecule has 0 bridgehead atoms. The van der Waals surface area contributed by atoms with Gasteiger partial charge < -0.3 is 10.5 Å². The first-order chi connectivity index (χ1) is 14.1. The summed E-state index contributed by atoms with van der Waals surface area (Å²) in [5, 5.41) is 4.64. The number of fused-ring (bicyclic) bond motifs is 5. The van der Waals surface area contributed by atoms with Crippen LogP contribution in [0.1, 0.15) is 72.6 Å². The van der Waals surface area contributed by atoms with E-state index in [2.05, 4.69) is 43.5 Å². The zero-order chi connectivity index (χ0) is 21.7. The Kier molecular flexibility index (Phi) is 5.58. The molecule has 0 amide bonds. The lowest BCUT2D eigenvalue weighted by Crippen LogP contribution is -2.50. The zero-order valence-corrected chi connectivity index (χ0v) is 19.5. The molecule has 5 nitrogen and oxygen atoms in total. The van der Waals surface area contributed by atoms with Gasteiger partial charge >= 0.3 is 5.97 Å². The van der Waals surface area contributed by atoms with Crippen LogP contribution >= 0.6 is 12.2 Å². The van der Waals surface area contributed by atoms with E-state index in [1.807, 2.05) is 0 Å². The molecule has 30 heavy (non-hydrogen) atoms. The van der Waals surface area contributed by atoms with Crippen LogP contribution in [0.4, 0.5) is 0 Å². The second-order valence-corrected chi connectivity index (χ2v) is 10.7. The molecule has 164 valence electrons. The molecule has 4 rings (SSSR count). The number of hydrazone groups is 1. The number of thiocarbonyl (C=S) groups is 1. The fourth-order valence-electron chi connectivity index (χ4n) is 7.29. The number of rotatable bonds is 3. The van der Waals surface area contributed by atoms with Crippen molar-refractivity contribution in [3.63, 3.8) is 0 Å². The molecule has 2 fully saturated rings. The van der Waals surface area contributed by atoms with E-state index >= 15 is 0 Å². The van der Waals surface area contributed by atoms with E-state index in [0.717, 1.165) is 37.8 Å². The number of hydrogen-bond donors (Lipinski definition) is 2. The van der Waals surface area contributed by atoms with Gasteiger partial charge in [0, 0.05) is 13.3 Å². The summed E-state index contributed by atoms with van der Waals surface area (Å²) >= 11 is 4.91. The van der Waals surface area contributed by atoms with Gasteiger partial charge in [-0.3, -0.25) is 10.2 Å². The Bertz CT molecular complexity index is 847. The van der Waals surface area contributed by atoms with Crippen LogP contribution in [-0.4, -0.2) is 22.9 Å². The van der Waals surface area contributed by atoms with E-state index in [9.17, 15) is 4.79 Å². The highest BCUT2D eigenvalue weighted by Crippen LogP contribution is 2.65. The van der Waals surface area contributed by atoms with Crippen molar-refractivity contribution in [3.05, 3.63) is 23.3 Å². The van der Waals surface area contributed by atoms with Gasteiger partial charge in [0.15, 0.2) is 5.11 Å². The molecular weight excluding hydrogens is 394 g/mol. The molecule has 6 heteroatoms. The summed E-state index contributed by atoms with van der Waals surface area (Å²) < 4.78 is 5.56. The molecule has 4 aliphatic carbocycles. The van der Waals surface area contributed by atoms with Crippen LogP contribution in [0, 0.1) is 28.6 Å². The molecule has 0 aromatic rings. The Morgan fingerprint density at radius 1 is 1.17 bits per heavy atom. The molecule has 3 N–H and O–H groups in total. The van der Waals surface area contributed by atoms with Crippen LogP contribution in [0.5, 0.6) is 0 Å². The molecule has 0 spiro atoms. The molecule has 0 saturated heterocycles. The number of carbonyl (C=O) groups is 1. The summed E-state index contributed by atoms with van der Waals surface area (Å²) in [5.41, 5.74) is 12.7. The second-order valence-electron chi connectivity index (χ2n) is 10.2. The lowest BCUT2D eigenvalue weighted by atomic mass is 9.47. The van der Waals surface area contributed by atoms with Gasteiger partial charge in [0.2, 0.25) is 0 Å². The van der Waals surface area contributed by atoms with Crippen molar-refractivity contribution in [1.29, 1.82) is 0 Å². The Balaban J connectivity index is 1.55. The third-order valence-electron chi connectivity index (χ3n) is 8.70. The summed E-state index contributed by atoms with van der Waals surface area (Å²) in [6, 6.07) is 0. The minimum Gasteiger partial charge on any atom is -0.462 e. The van der Waals surface area contributed by atoms with E-state index in [-0.39, 0.29) is 28.0 Å². The molecule has 0 radical (unpaired) electrons. The number of hydrogen-bond acceptors (Lipinski definition) is 4. The van der Waals surface area contributed by atoms with Crippen LogP contribution < -0.4 is 11.2 Å². The lowest BCUT2D eigenvalue weighted by molar-refractivity contribution is -0.148. The second kappa shape index (κ2) is 7.77. The SMILES string of the molecule is CC(=O)O[C@@H]1CC[C@@]2(C)C(=CC[C@@H]3[C@@H]2CC[C@]2(C)C(/C(C)=N/NC(N)=S)=CC[C@@H]32)C1. The first kappa shape index (κ1) is 21.5. The van der Waals surface area contributed by atoms with Crippen molar-refractivity contribution >= 4 is 29.0 Å². The standard InChI is InChI=1S/C24H35N3O2S/c1-14(26-27-22(25)30)19-7-8-20-18-6-5-16-13-17(29-15(2)28)9-11-23(16,3)21(18)10-12-24(19,20)4/h5,7,17-18,20-21H,6,8-13H2,1-4H3,(H3,25,27,30)/b26-14+/t17-,18+,20+,21+,23+,24-/m1/s1. The van der Waals surface area contributed by atoms with Crippen molar-refractivity contribution in [2.24, 2.45) is 39.4 Å². The first-order valence-corrected chi connectivity index (χ1v) is 11.7. The molecule has 6 atom stereocenters. The quantitative estimate of drug-likeness (QED) is 0.225. The first-order valence-electron chi connectivity index (χ1n) is 11.3. The maximum Gasteiger partial charge on any atom is 0.302 e. The fourth-order valence-corrected chi connectivity index (χ4v) is 7.34. The van der Waals surface area contributed by atoms with E-state index in [1.165, 1.54) is 30.9 Å². The fraction of sp³-hybridized carbons (Fsp3) is 0.708. The number of allylic oxidation sites excluding steroid dienone is 3. The number of nitrogens with one attached hydrogen (secondary N) is 1. The van der Waals surface area contributed by atoms with Crippen LogP contribution in [0.25, 0.3) is 0 Å². The number of ether oxygens (including phenoxy) is 1. The summed E-state index contributed by atoms with van der Waals surface area (Å²) in [6.07, 6.45) is 12.7. The molecule has 0 aliphatic heterocycles. The minimum atomic E-state index is -0.155. The van der Waals surface area contributed by atoms with Crippen LogP contribution in [0.15, 0.2) is 28.4 Å². The highest BCUT2D eigenvalue weighted by Gasteiger charge is 2.57. The summed E-state index contributed by atoms with van der Waals surface area (Å²) in [5.74, 6) is 1.92. The molecule has 4 aliphatic rings. The number of esters is 1. The van der Waals surface area contributed by atoms with E-state index in [0.29, 0.717) is 17.8 Å². The lowest BCUT2D eigenvalue weighted by Gasteiger charge is -2.57. The van der Waals surface area contributed by atoms with E-state index in [4.69, 9.17) is 22.7 Å². The smallest absolute Gasteiger partial charge is 0.302 e. The van der Waals surface area contributed by atoms with Gasteiger partial charge in [-0.25, -0.2) is 0 Å². The van der Waals surface area contributed by atoms with Crippen LogP contribution in [0.2, 0.25) is 0 Å². The van der Waals surface area contributed by atoms with Gasteiger partial charge in [-0.15, -0.1) is 0 Å². The topological polar surface area (TPSA) is 76.7 Å². The average Bonchev–Trinajstić information content (AvgIpc) is 3.03. The van der Waals surface area contributed by atoms with Crippen LogP contribution in [0.3, 0.4) is 0 Å². The molecular formula is C24H35N3O2S. The maximum absolute atomic E-state index is 11.4. The van der Waals surface area contributed by atoms with Crippen molar-refractivity contribution in [3.8, 4) is 0 Å². The summed E-state index contributed by atoms with van der Waals surface area (Å²) in [4.78, 5) is 11.4. The minimum absolute atomic E-state index is 0.0620. The van der Waals surface area contributed by atoms with Gasteiger partial charge in [-0.1, -0.05) is 31.6 Å². The average molecular weight is 430 g/mol. The van der Waals surface area contributed by atoms with Crippen molar-refractivity contribution in [2.75, 3.05) is 0 Å². The van der Waals surface area contributed by atoms with Crippen molar-refractivity contribution < 1.29 is 9.53 Å². The van der Waals surface area contributed by atoms with Crippen molar-refractivity contribution in [1.82, 2.24) is 5.43 Å². The third kappa shape index (κ3) is 3.51. The normalized spacial score (nSPS) is 40.3. The van der Waals surface area contributed by atoms with E-state index in [1.54, 1.807) is 0 Å². The predicted octanol–water partition coefficient (Wildman–Crippen LogP) is 4.63. The Morgan fingerprint density at radius 3 is 2.60 bits per heavy atom. The van der Waals surface area contributed by atoms with Crippen molar-refractivity contribution in [2.45, 2.75) is 78.7 Å². The van der Waals surface area contributed by atoms with Gasteiger partial charge in [0.1, 0.15) is 6.10 Å². The number of nitrogens with two attached hydrogens (primary N) is 1. The van der Waals surface area contributed by atoms with Crippen LogP contribution in [-0.2, 0) is 9.53 Å². The molecule has 2 saturated carbocycles. The summed E-state index contributed by atoms with van der Waals surface area (Å²) in [7, 11) is 0. The van der Waals surface area contributed by atoms with Gasteiger partial charge in [0.05, 0.1) is 5.71 Å². The third-order valence-corrected chi connectivity index (χ3v) is 8.79. The van der Waals surface area contributed by atoms with E-state index < -0.39 is 0 Å². The maximum atomic E-state index is 11.4. The molecule has 0 unspecified atom stereocenters. The highest BCUT2D eigenvalue weighted by molar-refractivity contribution is 7.80. The van der Waals surface area contributed by atoms with Gasteiger partial charge in [0.25, 0.3) is 0 Å². The Morgan fingerprint density at radius 2 is 1.90 bits per heavy atom. The van der Waals surface area contributed by atoms with Gasteiger partial charge in [-0.2, -0.15) is 5.10 Å². The Labute approximate surface area is 185 Å². The monoisotopic (exact) mass is 429 g/mol. The zero-order valence-electron chi connectivity index (χ0n) is 18.7. The molecule has 0 aromatic heterocycles. The molecule has 0 heterocycles. The predicted molar refractivity (Wildman–Crippen MR) is 124 cm³/mol.